The van der Waals surface area contributed by atoms with E-state index < -0.39 is 11.0 Å². The van der Waals surface area contributed by atoms with E-state index in [0.717, 1.165) is 51.6 Å². The summed E-state index contributed by atoms with van der Waals surface area (Å²) in [7, 11) is 5.48. The molecule has 2 fully saturated rings. The maximum Gasteiger partial charge on any atom is 0.229 e. The molecule has 2 aromatic carbocycles. The fraction of sp³-hybridized carbons (Fsp3) is 0.350. The third kappa shape index (κ3) is 7.63. The molecule has 5 aromatic rings. The van der Waals surface area contributed by atoms with Gasteiger partial charge in [0.15, 0.2) is 0 Å². The van der Waals surface area contributed by atoms with Crippen LogP contribution in [0.4, 0.5) is 11.6 Å². The van der Waals surface area contributed by atoms with Crippen molar-refractivity contribution in [1.82, 2.24) is 19.7 Å². The van der Waals surface area contributed by atoms with Crippen molar-refractivity contribution in [1.29, 1.82) is 0 Å². The van der Waals surface area contributed by atoms with Gasteiger partial charge in [-0.15, -0.1) is 0 Å². The molecule has 7 rings (SSSR count). The Bertz CT molecular complexity index is 2110. The molecule has 2 aliphatic carbocycles. The molecule has 0 bridgehead atoms. The SMILES string of the molecule is COc1ccc(CN(Cc2ccc(OC)cc2OC)c2nc(-c3cnccc3C)cc3cc(NC(=O)C4C5CC(NS(C)=O)CC54)ncc23)c(OC)c1. The van der Waals surface area contributed by atoms with E-state index in [2.05, 4.69) is 19.9 Å². The summed E-state index contributed by atoms with van der Waals surface area (Å²) in [5.74, 6) is 4.40. The number of aromatic nitrogens is 3. The van der Waals surface area contributed by atoms with Gasteiger partial charge in [0.05, 0.1) is 45.1 Å². The molecule has 3 atom stereocenters. The molecule has 0 spiro atoms. The number of hydrogen-bond donors (Lipinski definition) is 2. The largest absolute Gasteiger partial charge is 0.497 e. The molecule has 2 N–H and O–H groups in total. The summed E-state index contributed by atoms with van der Waals surface area (Å²) in [5, 5.41) is 4.76. The molecule has 3 heterocycles. The molecule has 2 saturated carbocycles. The van der Waals surface area contributed by atoms with Crippen LogP contribution in [0.1, 0.15) is 29.5 Å². The summed E-state index contributed by atoms with van der Waals surface area (Å²) in [6.07, 6.45) is 8.72. The maximum atomic E-state index is 13.5. The van der Waals surface area contributed by atoms with Gasteiger partial charge in [-0.2, -0.15) is 0 Å². The van der Waals surface area contributed by atoms with Crippen LogP contribution < -0.4 is 33.9 Å². The van der Waals surface area contributed by atoms with Crippen molar-refractivity contribution in [3.8, 4) is 34.3 Å². The zero-order valence-electron chi connectivity index (χ0n) is 30.7. The van der Waals surface area contributed by atoms with Crippen molar-refractivity contribution in [3.05, 3.63) is 89.9 Å². The number of anilines is 2. The third-order valence-corrected chi connectivity index (χ3v) is 11.0. The molecule has 53 heavy (non-hydrogen) atoms. The van der Waals surface area contributed by atoms with Crippen molar-refractivity contribution in [3.63, 3.8) is 0 Å². The second-order valence-corrected chi connectivity index (χ2v) is 14.8. The van der Waals surface area contributed by atoms with Gasteiger partial charge in [0.2, 0.25) is 5.91 Å². The summed E-state index contributed by atoms with van der Waals surface area (Å²) < 4.78 is 37.4. The number of nitrogens with one attached hydrogen (secondary N) is 2. The number of amides is 1. The van der Waals surface area contributed by atoms with E-state index in [-0.39, 0.29) is 17.9 Å². The zero-order chi connectivity index (χ0) is 37.2. The van der Waals surface area contributed by atoms with Gasteiger partial charge in [-0.1, -0.05) is 0 Å². The van der Waals surface area contributed by atoms with Crippen LogP contribution in [-0.2, 0) is 28.9 Å². The maximum absolute atomic E-state index is 13.5. The van der Waals surface area contributed by atoms with Crippen molar-refractivity contribution >= 4 is 39.3 Å². The first-order valence-corrected chi connectivity index (χ1v) is 19.0. The number of aryl methyl sites for hydroxylation is 1. The summed E-state index contributed by atoms with van der Waals surface area (Å²) in [4.78, 5) is 30.1. The number of carbonyl (C=O) groups excluding carboxylic acids is 1. The Balaban J connectivity index is 1.30. The van der Waals surface area contributed by atoms with Gasteiger partial charge in [-0.3, -0.25) is 9.78 Å². The lowest BCUT2D eigenvalue weighted by atomic mass is 10.0. The van der Waals surface area contributed by atoms with E-state index in [0.29, 0.717) is 59.6 Å². The summed E-state index contributed by atoms with van der Waals surface area (Å²) in [6.45, 7) is 2.88. The van der Waals surface area contributed by atoms with Gasteiger partial charge in [-0.05, 0) is 85.0 Å². The third-order valence-electron chi connectivity index (χ3n) is 10.4. The molecule has 13 heteroatoms. The van der Waals surface area contributed by atoms with Gasteiger partial charge in [-0.25, -0.2) is 18.9 Å². The summed E-state index contributed by atoms with van der Waals surface area (Å²) in [5.41, 5.74) is 4.50. The first kappa shape index (κ1) is 36.1. The van der Waals surface area contributed by atoms with E-state index in [1.54, 1.807) is 47.1 Å². The average molecular weight is 737 g/mol. The molecule has 0 saturated heterocycles. The average Bonchev–Trinajstić information content (AvgIpc) is 3.68. The molecule has 3 aromatic heterocycles. The first-order chi connectivity index (χ1) is 25.7. The molecule has 276 valence electrons. The number of ether oxygens (including phenoxy) is 4. The van der Waals surface area contributed by atoms with Crippen LogP contribution in [0.25, 0.3) is 22.0 Å². The van der Waals surface area contributed by atoms with Gasteiger partial charge in [0.25, 0.3) is 0 Å². The Labute approximate surface area is 311 Å². The highest BCUT2D eigenvalue weighted by Crippen LogP contribution is 2.58. The predicted octanol–water partition coefficient (Wildman–Crippen LogP) is 6.09. The number of carbonyl (C=O) groups is 1. The van der Waals surface area contributed by atoms with Crippen LogP contribution >= 0.6 is 0 Å². The number of pyridine rings is 3. The van der Waals surface area contributed by atoms with Gasteiger partial charge in [0, 0.05) is 84.1 Å². The van der Waals surface area contributed by atoms with E-state index >= 15 is 0 Å². The molecule has 3 unspecified atom stereocenters. The minimum Gasteiger partial charge on any atom is -0.497 e. The molecule has 2 aliphatic rings. The number of hydrogen-bond acceptors (Lipinski definition) is 10. The zero-order valence-corrected chi connectivity index (χ0v) is 31.5. The standard InChI is InChI=1S/C40H44N6O6S/c1-23-11-12-41-19-32(23)34-13-26-14-37(44-40(47)38-30-15-27(16-31(30)38)45-53(6)48)42-20-33(26)39(43-34)46(21-24-7-9-28(49-2)17-35(24)51-4)22-25-8-10-29(50-3)18-36(25)52-5/h7-14,17-20,27,30-31,38,45H,15-16,21-22H2,1-6H3,(H,42,44,47). The van der Waals surface area contributed by atoms with Crippen molar-refractivity contribution in [2.45, 2.75) is 38.9 Å². The van der Waals surface area contributed by atoms with E-state index in [9.17, 15) is 9.00 Å². The molecular formula is C40H44N6O6S. The summed E-state index contributed by atoms with van der Waals surface area (Å²) >= 11 is 0. The van der Waals surface area contributed by atoms with Crippen molar-refractivity contribution < 1.29 is 28.0 Å². The molecular weight excluding hydrogens is 693 g/mol. The van der Waals surface area contributed by atoms with Gasteiger partial charge >= 0.3 is 0 Å². The topological polar surface area (TPSA) is 137 Å². The summed E-state index contributed by atoms with van der Waals surface area (Å²) in [6, 6.07) is 17.6. The number of benzene rings is 2. The predicted molar refractivity (Wildman–Crippen MR) is 206 cm³/mol. The van der Waals surface area contributed by atoms with Gasteiger partial charge in [0.1, 0.15) is 34.6 Å². The van der Waals surface area contributed by atoms with Crippen molar-refractivity contribution in [2.75, 3.05) is 44.9 Å². The Morgan fingerprint density at radius 3 is 2.08 bits per heavy atom. The molecule has 0 aliphatic heterocycles. The Hall–Kier alpha value is -5.27. The lowest BCUT2D eigenvalue weighted by Crippen LogP contribution is -2.30. The second kappa shape index (κ2) is 15.4. The number of fused-ring (bicyclic) bond motifs is 2. The highest BCUT2D eigenvalue weighted by molar-refractivity contribution is 7.82. The number of methoxy groups -OCH3 is 4. The lowest BCUT2D eigenvalue weighted by Gasteiger charge is -2.28. The number of nitrogens with zero attached hydrogens (tertiary/aromatic N) is 4. The fourth-order valence-corrected chi connectivity index (χ4v) is 8.32. The van der Waals surface area contributed by atoms with Crippen LogP contribution in [0, 0.1) is 24.7 Å². The quantitative estimate of drug-likeness (QED) is 0.138. The van der Waals surface area contributed by atoms with Crippen LogP contribution in [0.15, 0.2) is 73.2 Å². The van der Waals surface area contributed by atoms with Crippen molar-refractivity contribution in [2.24, 2.45) is 17.8 Å². The Morgan fingerprint density at radius 1 is 0.868 bits per heavy atom. The van der Waals surface area contributed by atoms with Gasteiger partial charge < -0.3 is 29.2 Å². The second-order valence-electron chi connectivity index (χ2n) is 13.6. The fourth-order valence-electron chi connectivity index (χ4n) is 7.66. The number of rotatable bonds is 14. The minimum atomic E-state index is -1.07. The van der Waals surface area contributed by atoms with Crippen LogP contribution in [0.2, 0.25) is 0 Å². The Kier molecular flexibility index (Phi) is 10.5. The molecule has 0 radical (unpaired) electrons. The minimum absolute atomic E-state index is 0.0274. The van der Waals surface area contributed by atoms with E-state index in [1.807, 2.05) is 67.7 Å². The Morgan fingerprint density at radius 2 is 1.51 bits per heavy atom. The smallest absolute Gasteiger partial charge is 0.229 e. The lowest BCUT2D eigenvalue weighted by molar-refractivity contribution is -0.118. The van der Waals surface area contributed by atoms with Crippen LogP contribution in [0.3, 0.4) is 0 Å². The molecule has 12 nitrogen and oxygen atoms in total. The monoisotopic (exact) mass is 736 g/mol. The van der Waals surface area contributed by atoms with E-state index in [1.165, 1.54) is 0 Å². The first-order valence-electron chi connectivity index (χ1n) is 17.5. The van der Waals surface area contributed by atoms with Crippen LogP contribution in [0.5, 0.6) is 23.0 Å². The molecule has 1 amide bonds. The van der Waals surface area contributed by atoms with Crippen LogP contribution in [-0.4, -0.2) is 65.8 Å². The normalized spacial score (nSPS) is 19.3. The highest BCUT2D eigenvalue weighted by atomic mass is 32.2. The van der Waals surface area contributed by atoms with E-state index in [4.69, 9.17) is 28.9 Å². The highest BCUT2D eigenvalue weighted by Gasteiger charge is 2.59.